The van der Waals surface area contributed by atoms with E-state index in [-0.39, 0.29) is 31.2 Å². The number of fused-ring (bicyclic) bond motifs is 1. The molecule has 0 aliphatic carbocycles. The van der Waals surface area contributed by atoms with Crippen LogP contribution in [0, 0.1) is 0 Å². The average Bonchev–Trinajstić information content (AvgIpc) is 2.96. The molecule has 1 saturated heterocycles. The monoisotopic (exact) mass is 311 g/mol. The summed E-state index contributed by atoms with van der Waals surface area (Å²) >= 11 is 6.09. The van der Waals surface area contributed by atoms with Gasteiger partial charge in [-0.05, 0) is 6.92 Å². The zero-order chi connectivity index (χ0) is 15.0. The second kappa shape index (κ2) is 5.42. The summed E-state index contributed by atoms with van der Waals surface area (Å²) in [6.07, 6.45) is 0.387. The molecule has 1 atom stereocenters. The zero-order valence-electron chi connectivity index (χ0n) is 11.3. The van der Waals surface area contributed by atoms with Gasteiger partial charge in [0.15, 0.2) is 11.5 Å². The third-order valence-electron chi connectivity index (χ3n) is 3.33. The van der Waals surface area contributed by atoms with Crippen LogP contribution in [0.4, 0.5) is 5.69 Å². The van der Waals surface area contributed by atoms with Crippen LogP contribution in [-0.2, 0) is 9.59 Å². The largest absolute Gasteiger partial charge is 0.454 e. The van der Waals surface area contributed by atoms with E-state index >= 15 is 0 Å². The zero-order valence-corrected chi connectivity index (χ0v) is 12.1. The van der Waals surface area contributed by atoms with E-state index in [4.69, 9.17) is 21.1 Å². The van der Waals surface area contributed by atoms with Crippen molar-refractivity contribution >= 4 is 29.1 Å². The smallest absolute Gasteiger partial charge is 0.240 e. The summed E-state index contributed by atoms with van der Waals surface area (Å²) < 4.78 is 10.4. The van der Waals surface area contributed by atoms with Crippen LogP contribution < -0.4 is 20.2 Å². The molecule has 2 amide bonds. The molecule has 7 nitrogen and oxygen atoms in total. The minimum atomic E-state index is -0.273. The van der Waals surface area contributed by atoms with Crippen LogP contribution in [0.25, 0.3) is 0 Å². The maximum atomic E-state index is 12.0. The second-order valence-corrected chi connectivity index (χ2v) is 5.36. The highest BCUT2D eigenvalue weighted by Crippen LogP contribution is 2.39. The Morgan fingerprint density at radius 3 is 2.86 bits per heavy atom. The molecule has 0 saturated carbocycles. The Labute approximate surface area is 126 Å². The van der Waals surface area contributed by atoms with Crippen LogP contribution in [-0.4, -0.2) is 36.2 Å². The maximum absolute atomic E-state index is 12.0. The van der Waals surface area contributed by atoms with E-state index in [9.17, 15) is 9.59 Å². The second-order valence-electron chi connectivity index (χ2n) is 4.95. The summed E-state index contributed by atoms with van der Waals surface area (Å²) in [4.78, 5) is 23.3. The maximum Gasteiger partial charge on any atom is 0.240 e. The third kappa shape index (κ3) is 2.88. The highest BCUT2D eigenvalue weighted by molar-refractivity contribution is 6.34. The Bertz CT molecular complexity index is 607. The molecule has 1 aromatic rings. The normalized spacial score (nSPS) is 20.5. The fraction of sp³-hybridized carbons (Fsp3) is 0.385. The average molecular weight is 312 g/mol. The lowest BCUT2D eigenvalue weighted by atomic mass is 10.2. The Hall–Kier alpha value is -1.99. The number of carbonyl (C=O) groups is 2. The van der Waals surface area contributed by atoms with Gasteiger partial charge in [0.25, 0.3) is 0 Å². The van der Waals surface area contributed by atoms with Gasteiger partial charge in [-0.2, -0.15) is 0 Å². The van der Waals surface area contributed by atoms with Crippen molar-refractivity contribution in [3.63, 3.8) is 0 Å². The molecule has 3 rings (SSSR count). The molecule has 21 heavy (non-hydrogen) atoms. The Kier molecular flexibility index (Phi) is 3.60. The van der Waals surface area contributed by atoms with Gasteiger partial charge in [0.1, 0.15) is 0 Å². The van der Waals surface area contributed by atoms with E-state index < -0.39 is 0 Å². The Balaban J connectivity index is 1.66. The number of amides is 2. The number of hydrogen-bond acceptors (Lipinski definition) is 5. The Morgan fingerprint density at radius 1 is 1.48 bits per heavy atom. The molecule has 8 heteroatoms. The molecule has 2 aliphatic heterocycles. The number of hydrogen-bond donors (Lipinski definition) is 2. The van der Waals surface area contributed by atoms with Gasteiger partial charge in [-0.1, -0.05) is 11.6 Å². The number of halogens is 1. The first kappa shape index (κ1) is 14.0. The number of nitrogens with zero attached hydrogens (tertiary/aromatic N) is 1. The van der Waals surface area contributed by atoms with Crippen molar-refractivity contribution in [2.24, 2.45) is 0 Å². The number of hydrazine groups is 1. The van der Waals surface area contributed by atoms with E-state index in [0.717, 1.165) is 0 Å². The molecule has 2 heterocycles. The predicted molar refractivity (Wildman–Crippen MR) is 75.1 cm³/mol. The molecule has 1 aromatic carbocycles. The summed E-state index contributed by atoms with van der Waals surface area (Å²) in [6.45, 7) is 2.07. The summed E-state index contributed by atoms with van der Waals surface area (Å²) in [6, 6.07) is 3.20. The van der Waals surface area contributed by atoms with Gasteiger partial charge in [0.05, 0.1) is 17.3 Å². The van der Waals surface area contributed by atoms with Gasteiger partial charge in [0.2, 0.25) is 18.6 Å². The molecule has 1 fully saturated rings. The first-order valence-corrected chi connectivity index (χ1v) is 6.86. The van der Waals surface area contributed by atoms with Crippen molar-refractivity contribution in [2.45, 2.75) is 19.4 Å². The van der Waals surface area contributed by atoms with Crippen molar-refractivity contribution < 1.29 is 19.1 Å². The SMILES string of the molecule is C[C@@H]1CC(=O)NN1CC(=O)Nc1cc2c(cc1Cl)OCO2. The first-order chi connectivity index (χ1) is 10.0. The molecule has 0 unspecified atom stereocenters. The standard InChI is InChI=1S/C13H14ClN3O4/c1-7-2-12(18)16-17(7)5-13(19)15-9-4-11-10(3-8(9)14)20-6-21-11/h3-4,7H,2,5-6H2,1H3,(H,15,19)(H,16,18)/t7-/m1/s1. The van der Waals surface area contributed by atoms with E-state index in [1.807, 2.05) is 6.92 Å². The van der Waals surface area contributed by atoms with Gasteiger partial charge in [-0.3, -0.25) is 15.0 Å². The van der Waals surface area contributed by atoms with Crippen LogP contribution in [0.3, 0.4) is 0 Å². The molecule has 0 aromatic heterocycles. The van der Waals surface area contributed by atoms with Gasteiger partial charge >= 0.3 is 0 Å². The first-order valence-electron chi connectivity index (χ1n) is 6.48. The number of ether oxygens (including phenoxy) is 2. The highest BCUT2D eigenvalue weighted by atomic mass is 35.5. The fourth-order valence-electron chi connectivity index (χ4n) is 2.25. The van der Waals surface area contributed by atoms with Gasteiger partial charge in [0, 0.05) is 24.6 Å². The van der Waals surface area contributed by atoms with Crippen molar-refractivity contribution in [1.29, 1.82) is 0 Å². The lowest BCUT2D eigenvalue weighted by Gasteiger charge is -2.19. The van der Waals surface area contributed by atoms with Crippen LogP contribution in [0.2, 0.25) is 5.02 Å². The quantitative estimate of drug-likeness (QED) is 0.875. The van der Waals surface area contributed by atoms with Gasteiger partial charge in [-0.15, -0.1) is 0 Å². The molecule has 2 N–H and O–H groups in total. The number of benzene rings is 1. The van der Waals surface area contributed by atoms with Gasteiger partial charge in [-0.25, -0.2) is 5.01 Å². The van der Waals surface area contributed by atoms with Crippen LogP contribution in [0.5, 0.6) is 11.5 Å². The fourth-order valence-corrected chi connectivity index (χ4v) is 2.45. The van der Waals surface area contributed by atoms with Crippen LogP contribution >= 0.6 is 11.6 Å². The summed E-state index contributed by atoms with van der Waals surface area (Å²) in [5, 5.41) is 4.67. The van der Waals surface area contributed by atoms with Crippen molar-refractivity contribution in [3.8, 4) is 11.5 Å². The van der Waals surface area contributed by atoms with E-state index in [0.29, 0.717) is 28.6 Å². The lowest BCUT2D eigenvalue weighted by molar-refractivity contribution is -0.122. The predicted octanol–water partition coefficient (Wildman–Crippen LogP) is 1.13. The van der Waals surface area contributed by atoms with E-state index in [1.54, 1.807) is 17.1 Å². The van der Waals surface area contributed by atoms with Gasteiger partial charge < -0.3 is 14.8 Å². The number of rotatable bonds is 3. The van der Waals surface area contributed by atoms with E-state index in [2.05, 4.69) is 10.7 Å². The number of nitrogens with one attached hydrogen (secondary N) is 2. The lowest BCUT2D eigenvalue weighted by Crippen LogP contribution is -2.42. The van der Waals surface area contributed by atoms with Crippen LogP contribution in [0.1, 0.15) is 13.3 Å². The summed E-state index contributed by atoms with van der Waals surface area (Å²) in [7, 11) is 0. The molecule has 0 bridgehead atoms. The van der Waals surface area contributed by atoms with Crippen molar-refractivity contribution in [1.82, 2.24) is 10.4 Å². The highest BCUT2D eigenvalue weighted by Gasteiger charge is 2.28. The number of carbonyl (C=O) groups excluding carboxylic acids is 2. The molecule has 2 aliphatic rings. The molecule has 0 radical (unpaired) electrons. The number of anilines is 1. The molecular weight excluding hydrogens is 298 g/mol. The molecular formula is C13H14ClN3O4. The minimum absolute atomic E-state index is 0.0181. The van der Waals surface area contributed by atoms with Crippen LogP contribution in [0.15, 0.2) is 12.1 Å². The van der Waals surface area contributed by atoms with Crippen molar-refractivity contribution in [2.75, 3.05) is 18.7 Å². The minimum Gasteiger partial charge on any atom is -0.454 e. The summed E-state index contributed by atoms with van der Waals surface area (Å²) in [5.74, 6) is 0.734. The van der Waals surface area contributed by atoms with Crippen molar-refractivity contribution in [3.05, 3.63) is 17.2 Å². The summed E-state index contributed by atoms with van der Waals surface area (Å²) in [5.41, 5.74) is 3.08. The Morgan fingerprint density at radius 2 is 2.19 bits per heavy atom. The molecule has 0 spiro atoms. The topological polar surface area (TPSA) is 79.9 Å². The molecule has 112 valence electrons. The third-order valence-corrected chi connectivity index (χ3v) is 3.64. The van der Waals surface area contributed by atoms with E-state index in [1.165, 1.54) is 0 Å².